The van der Waals surface area contributed by atoms with Crippen LogP contribution in [0, 0.1) is 5.92 Å². The molecular weight excluding hydrogens is 323 g/mol. The van der Waals surface area contributed by atoms with Crippen LogP contribution in [0.25, 0.3) is 0 Å². The van der Waals surface area contributed by atoms with E-state index in [1.54, 1.807) is 10.9 Å². The van der Waals surface area contributed by atoms with E-state index in [-0.39, 0.29) is 24.4 Å². The summed E-state index contributed by atoms with van der Waals surface area (Å²) in [4.78, 5) is 13.2. The Kier molecular flexibility index (Phi) is 6.61. The third-order valence-electron chi connectivity index (χ3n) is 3.99. The minimum atomic E-state index is -4.16. The number of alkyl halides is 3. The molecule has 1 amide bonds. The molecule has 0 aromatic carbocycles. The zero-order valence-corrected chi connectivity index (χ0v) is 13.7. The first-order valence-electron chi connectivity index (χ1n) is 8.08. The van der Waals surface area contributed by atoms with Gasteiger partial charge in [0.1, 0.15) is 0 Å². The van der Waals surface area contributed by atoms with Gasteiger partial charge in [-0.2, -0.15) is 18.3 Å². The van der Waals surface area contributed by atoms with Crippen LogP contribution in [0.1, 0.15) is 13.3 Å². The molecule has 9 heteroatoms. The van der Waals surface area contributed by atoms with E-state index in [0.717, 1.165) is 0 Å². The minimum absolute atomic E-state index is 0.0813. The van der Waals surface area contributed by atoms with E-state index in [2.05, 4.69) is 15.7 Å². The molecule has 136 valence electrons. The molecule has 1 aliphatic rings. The summed E-state index contributed by atoms with van der Waals surface area (Å²) in [7, 11) is 0. The van der Waals surface area contributed by atoms with Crippen molar-refractivity contribution in [1.82, 2.24) is 25.3 Å². The van der Waals surface area contributed by atoms with E-state index in [0.29, 0.717) is 32.6 Å². The second kappa shape index (κ2) is 8.48. The number of hydrogen-bond donors (Lipinski definition) is 2. The second-order valence-electron chi connectivity index (χ2n) is 6.32. The van der Waals surface area contributed by atoms with Gasteiger partial charge in [0.05, 0.1) is 19.6 Å². The molecule has 1 aromatic rings. The number of carbonyl (C=O) groups is 1. The Hall–Kier alpha value is -1.61. The van der Waals surface area contributed by atoms with E-state index in [1.807, 2.05) is 19.2 Å². The van der Waals surface area contributed by atoms with Crippen LogP contribution in [0.2, 0.25) is 0 Å². The highest BCUT2D eigenvalue weighted by Gasteiger charge is 2.34. The molecule has 0 radical (unpaired) electrons. The topological polar surface area (TPSA) is 62.2 Å². The smallest absolute Gasteiger partial charge is 0.355 e. The van der Waals surface area contributed by atoms with Crippen LogP contribution in [0.3, 0.4) is 0 Å². The monoisotopic (exact) mass is 347 g/mol. The molecule has 2 rings (SSSR count). The largest absolute Gasteiger partial charge is 0.401 e. The van der Waals surface area contributed by atoms with Crippen LogP contribution < -0.4 is 10.6 Å². The quantitative estimate of drug-likeness (QED) is 0.732. The Bertz CT molecular complexity index is 506. The summed E-state index contributed by atoms with van der Waals surface area (Å²) in [5.74, 6) is -0.0608. The molecule has 1 fully saturated rings. The van der Waals surface area contributed by atoms with Crippen LogP contribution in [0.15, 0.2) is 18.5 Å². The first-order chi connectivity index (χ1) is 11.3. The standard InChI is InChI=1S/C15H24F3N5O/c1-12(9-23-5-2-4-21-23)19-8-14(24)20-7-13-3-6-22(10-13)11-15(16,17)18/h2,4-5,12-13,19H,3,6-11H2,1H3,(H,20,24)/t12-,13-/m0/s1. The zero-order chi connectivity index (χ0) is 17.6. The average molecular weight is 347 g/mol. The first-order valence-corrected chi connectivity index (χ1v) is 8.08. The van der Waals surface area contributed by atoms with Crippen molar-refractivity contribution in [3.63, 3.8) is 0 Å². The van der Waals surface area contributed by atoms with Gasteiger partial charge in [-0.1, -0.05) is 0 Å². The number of carbonyl (C=O) groups excluding carboxylic acids is 1. The average Bonchev–Trinajstić information content (AvgIpc) is 3.13. The lowest BCUT2D eigenvalue weighted by Crippen LogP contribution is -2.41. The highest BCUT2D eigenvalue weighted by molar-refractivity contribution is 5.78. The van der Waals surface area contributed by atoms with Crippen molar-refractivity contribution < 1.29 is 18.0 Å². The minimum Gasteiger partial charge on any atom is -0.355 e. The molecule has 1 saturated heterocycles. The highest BCUT2D eigenvalue weighted by atomic mass is 19.4. The summed E-state index contributed by atoms with van der Waals surface area (Å²) in [5, 5.41) is 9.99. The molecule has 1 aromatic heterocycles. The van der Waals surface area contributed by atoms with Gasteiger partial charge >= 0.3 is 6.18 Å². The lowest BCUT2D eigenvalue weighted by atomic mass is 10.1. The van der Waals surface area contributed by atoms with Crippen molar-refractivity contribution in [3.05, 3.63) is 18.5 Å². The third kappa shape index (κ3) is 6.88. The lowest BCUT2D eigenvalue weighted by Gasteiger charge is -2.18. The van der Waals surface area contributed by atoms with E-state index < -0.39 is 12.7 Å². The van der Waals surface area contributed by atoms with Gasteiger partial charge in [-0.15, -0.1) is 0 Å². The maximum absolute atomic E-state index is 12.3. The summed E-state index contributed by atoms with van der Waals surface area (Å²) in [6, 6.07) is 1.92. The number of nitrogens with zero attached hydrogens (tertiary/aromatic N) is 3. The van der Waals surface area contributed by atoms with Crippen molar-refractivity contribution in [1.29, 1.82) is 0 Å². The van der Waals surface area contributed by atoms with Crippen LogP contribution in [0.5, 0.6) is 0 Å². The van der Waals surface area contributed by atoms with Crippen LogP contribution in [0.4, 0.5) is 13.2 Å². The molecule has 0 bridgehead atoms. The molecule has 0 spiro atoms. The van der Waals surface area contributed by atoms with Gasteiger partial charge < -0.3 is 10.6 Å². The highest BCUT2D eigenvalue weighted by Crippen LogP contribution is 2.22. The van der Waals surface area contributed by atoms with E-state index >= 15 is 0 Å². The summed E-state index contributed by atoms with van der Waals surface area (Å²) >= 11 is 0. The fraction of sp³-hybridized carbons (Fsp3) is 0.733. The molecule has 6 nitrogen and oxygen atoms in total. The first kappa shape index (κ1) is 18.7. The van der Waals surface area contributed by atoms with Gasteiger partial charge in [-0.3, -0.25) is 14.4 Å². The number of halogens is 3. The Morgan fingerprint density at radius 2 is 2.25 bits per heavy atom. The van der Waals surface area contributed by atoms with Crippen molar-refractivity contribution in [2.75, 3.05) is 32.7 Å². The number of amides is 1. The van der Waals surface area contributed by atoms with E-state index in [4.69, 9.17) is 0 Å². The van der Waals surface area contributed by atoms with Crippen LogP contribution in [-0.2, 0) is 11.3 Å². The van der Waals surface area contributed by atoms with E-state index in [9.17, 15) is 18.0 Å². The molecular formula is C15H24F3N5O. The predicted molar refractivity (Wildman–Crippen MR) is 83.3 cm³/mol. The fourth-order valence-corrected chi connectivity index (χ4v) is 2.82. The van der Waals surface area contributed by atoms with Crippen LogP contribution in [-0.4, -0.2) is 65.5 Å². The number of rotatable bonds is 8. The molecule has 0 unspecified atom stereocenters. The van der Waals surface area contributed by atoms with Gasteiger partial charge in [0.15, 0.2) is 0 Å². The molecule has 0 saturated carbocycles. The Morgan fingerprint density at radius 3 is 2.92 bits per heavy atom. The normalized spacial score (nSPS) is 20.2. The van der Waals surface area contributed by atoms with Gasteiger partial charge in [-0.25, -0.2) is 0 Å². The third-order valence-corrected chi connectivity index (χ3v) is 3.99. The van der Waals surface area contributed by atoms with Crippen molar-refractivity contribution >= 4 is 5.91 Å². The van der Waals surface area contributed by atoms with Crippen molar-refractivity contribution in [2.24, 2.45) is 5.92 Å². The molecule has 2 atom stereocenters. The molecule has 1 aliphatic heterocycles. The Balaban J connectivity index is 1.58. The summed E-state index contributed by atoms with van der Waals surface area (Å²) < 4.78 is 38.8. The fourth-order valence-electron chi connectivity index (χ4n) is 2.82. The summed E-state index contributed by atoms with van der Waals surface area (Å²) in [6.45, 7) is 3.16. The predicted octanol–water partition coefficient (Wildman–Crippen LogP) is 0.862. The van der Waals surface area contributed by atoms with Crippen molar-refractivity contribution in [3.8, 4) is 0 Å². The summed E-state index contributed by atoms with van der Waals surface area (Å²) in [6.07, 6.45) is 0.0699. The number of likely N-dealkylation sites (tertiary alicyclic amines) is 1. The van der Waals surface area contributed by atoms with Crippen LogP contribution >= 0.6 is 0 Å². The Labute approximate surface area is 139 Å². The van der Waals surface area contributed by atoms with Crippen molar-refractivity contribution in [2.45, 2.75) is 32.1 Å². The number of hydrogen-bond acceptors (Lipinski definition) is 4. The second-order valence-corrected chi connectivity index (χ2v) is 6.32. The summed E-state index contributed by atoms with van der Waals surface area (Å²) in [5.41, 5.74) is 0. The zero-order valence-electron chi connectivity index (χ0n) is 13.7. The molecule has 2 N–H and O–H groups in total. The van der Waals surface area contributed by atoms with Gasteiger partial charge in [-0.05, 0) is 31.9 Å². The number of nitrogens with one attached hydrogen (secondary N) is 2. The number of aromatic nitrogens is 2. The molecule has 0 aliphatic carbocycles. The molecule has 24 heavy (non-hydrogen) atoms. The van der Waals surface area contributed by atoms with Gasteiger partial charge in [0.25, 0.3) is 0 Å². The van der Waals surface area contributed by atoms with Gasteiger partial charge in [0.2, 0.25) is 5.91 Å². The van der Waals surface area contributed by atoms with Gasteiger partial charge in [0, 0.05) is 31.5 Å². The SMILES string of the molecule is C[C@@H](Cn1cccn1)NCC(=O)NC[C@@H]1CCN(CC(F)(F)F)C1. The maximum atomic E-state index is 12.3. The lowest BCUT2D eigenvalue weighted by molar-refractivity contribution is -0.143. The Morgan fingerprint density at radius 1 is 1.46 bits per heavy atom. The maximum Gasteiger partial charge on any atom is 0.401 e. The van der Waals surface area contributed by atoms with E-state index in [1.165, 1.54) is 4.90 Å². The molecule has 2 heterocycles.